The second-order valence-electron chi connectivity index (χ2n) is 6.89. The number of esters is 1. The molecule has 2 aromatic carbocycles. The van der Waals surface area contributed by atoms with Crippen molar-refractivity contribution in [1.29, 1.82) is 0 Å². The zero-order chi connectivity index (χ0) is 19.8. The molecule has 0 aliphatic heterocycles. The first-order chi connectivity index (χ1) is 13.6. The summed E-state index contributed by atoms with van der Waals surface area (Å²) in [5.74, 6) is -1.24. The van der Waals surface area contributed by atoms with E-state index in [-0.39, 0.29) is 24.4 Å². The van der Waals surface area contributed by atoms with E-state index in [1.54, 1.807) is 17.0 Å². The Kier molecular flexibility index (Phi) is 6.95. The van der Waals surface area contributed by atoms with Crippen LogP contribution in [0.3, 0.4) is 0 Å². The maximum absolute atomic E-state index is 13.2. The molecule has 0 heterocycles. The number of para-hydroxylation sites is 1. The molecule has 0 aromatic heterocycles. The smallest absolute Gasteiger partial charge is 0.331 e. The van der Waals surface area contributed by atoms with E-state index < -0.39 is 5.97 Å². The van der Waals surface area contributed by atoms with Crippen molar-refractivity contribution in [2.24, 2.45) is 0 Å². The predicted molar refractivity (Wildman–Crippen MR) is 107 cm³/mol. The summed E-state index contributed by atoms with van der Waals surface area (Å²) in [7, 11) is 0. The van der Waals surface area contributed by atoms with Gasteiger partial charge in [0.25, 0.3) is 5.91 Å². The van der Waals surface area contributed by atoms with Crippen LogP contribution in [0.1, 0.15) is 37.7 Å². The Labute approximate surface area is 164 Å². The number of halogens is 1. The fourth-order valence-corrected chi connectivity index (χ4v) is 3.51. The first-order valence-electron chi connectivity index (χ1n) is 9.61. The molecule has 0 spiro atoms. The van der Waals surface area contributed by atoms with Crippen LogP contribution in [-0.2, 0) is 14.3 Å². The van der Waals surface area contributed by atoms with E-state index in [0.29, 0.717) is 5.56 Å². The lowest BCUT2D eigenvalue weighted by molar-refractivity contribution is -0.143. The summed E-state index contributed by atoms with van der Waals surface area (Å²) >= 11 is 0. The van der Waals surface area contributed by atoms with Crippen LogP contribution in [0.5, 0.6) is 0 Å². The molecule has 0 unspecified atom stereocenters. The van der Waals surface area contributed by atoms with E-state index in [4.69, 9.17) is 4.74 Å². The number of carbonyl (C=O) groups excluding carboxylic acids is 2. The summed E-state index contributed by atoms with van der Waals surface area (Å²) in [5, 5.41) is 0. The molecule has 1 fully saturated rings. The highest BCUT2D eigenvalue weighted by Crippen LogP contribution is 2.27. The van der Waals surface area contributed by atoms with Crippen molar-refractivity contribution in [1.82, 2.24) is 0 Å². The largest absolute Gasteiger partial charge is 0.452 e. The third-order valence-electron chi connectivity index (χ3n) is 4.84. The highest BCUT2D eigenvalue weighted by molar-refractivity contribution is 5.97. The maximum atomic E-state index is 13.2. The van der Waals surface area contributed by atoms with E-state index in [9.17, 15) is 14.0 Å². The van der Waals surface area contributed by atoms with Crippen molar-refractivity contribution in [3.63, 3.8) is 0 Å². The van der Waals surface area contributed by atoms with Crippen LogP contribution in [0.4, 0.5) is 10.1 Å². The van der Waals surface area contributed by atoms with Gasteiger partial charge in [-0.15, -0.1) is 0 Å². The number of rotatable bonds is 6. The number of hydrogen-bond donors (Lipinski definition) is 0. The third kappa shape index (κ3) is 5.52. The summed E-state index contributed by atoms with van der Waals surface area (Å²) in [4.78, 5) is 26.6. The van der Waals surface area contributed by atoms with Gasteiger partial charge in [-0.25, -0.2) is 9.18 Å². The van der Waals surface area contributed by atoms with E-state index >= 15 is 0 Å². The summed E-state index contributed by atoms with van der Waals surface area (Å²) in [6.45, 7) is -0.322. The van der Waals surface area contributed by atoms with E-state index in [1.165, 1.54) is 30.7 Å². The Hall–Kier alpha value is -2.95. The topological polar surface area (TPSA) is 46.6 Å². The van der Waals surface area contributed by atoms with Crippen molar-refractivity contribution in [3.8, 4) is 0 Å². The van der Waals surface area contributed by atoms with E-state index in [0.717, 1.165) is 31.4 Å². The summed E-state index contributed by atoms with van der Waals surface area (Å²) in [5.41, 5.74) is 1.38. The fraction of sp³-hybridized carbons (Fsp3) is 0.304. The minimum atomic E-state index is -0.630. The Bertz CT molecular complexity index is 829. The molecule has 2 aromatic rings. The molecule has 0 atom stereocenters. The first-order valence-corrected chi connectivity index (χ1v) is 9.61. The number of nitrogens with zero attached hydrogens (tertiary/aromatic N) is 1. The highest BCUT2D eigenvalue weighted by atomic mass is 19.1. The fourth-order valence-electron chi connectivity index (χ4n) is 3.51. The van der Waals surface area contributed by atoms with Crippen molar-refractivity contribution >= 4 is 23.6 Å². The number of carbonyl (C=O) groups is 2. The predicted octanol–water partition coefficient (Wildman–Crippen LogP) is 4.75. The Morgan fingerprint density at radius 2 is 1.79 bits per heavy atom. The highest BCUT2D eigenvalue weighted by Gasteiger charge is 2.27. The van der Waals surface area contributed by atoms with Gasteiger partial charge in [0, 0.05) is 17.8 Å². The molecule has 0 N–H and O–H groups in total. The molecule has 0 radical (unpaired) electrons. The molecule has 4 nitrogen and oxygen atoms in total. The summed E-state index contributed by atoms with van der Waals surface area (Å²) < 4.78 is 18.3. The quantitative estimate of drug-likeness (QED) is 0.536. The van der Waals surface area contributed by atoms with E-state index in [1.807, 2.05) is 30.3 Å². The van der Waals surface area contributed by atoms with Gasteiger partial charge in [-0.2, -0.15) is 0 Å². The molecular formula is C23H24FNO3. The monoisotopic (exact) mass is 381 g/mol. The molecule has 146 valence electrons. The van der Waals surface area contributed by atoms with Crippen molar-refractivity contribution in [2.45, 2.75) is 38.1 Å². The molecule has 0 bridgehead atoms. The lowest BCUT2D eigenvalue weighted by atomic mass is 9.93. The minimum absolute atomic E-state index is 0.130. The maximum Gasteiger partial charge on any atom is 0.331 e. The summed E-state index contributed by atoms with van der Waals surface area (Å²) in [6.07, 6.45) is 7.95. The first kappa shape index (κ1) is 19.8. The number of anilines is 1. The standard InChI is InChI=1S/C23H24FNO3/c24-19-9-7-8-18(16-19)14-15-23(27)28-17-22(26)25(20-10-3-1-4-11-20)21-12-5-2-6-13-21/h1,3-4,7-11,14-16,21H,2,5-6,12-13,17H2/b15-14+. The van der Waals surface area contributed by atoms with Gasteiger partial charge >= 0.3 is 5.97 Å². The number of benzene rings is 2. The van der Waals surface area contributed by atoms with Gasteiger partial charge in [0.15, 0.2) is 6.61 Å². The van der Waals surface area contributed by atoms with Gasteiger partial charge in [-0.1, -0.05) is 49.6 Å². The van der Waals surface area contributed by atoms with Gasteiger partial charge in [-0.05, 0) is 48.7 Å². The van der Waals surface area contributed by atoms with Gasteiger partial charge < -0.3 is 9.64 Å². The van der Waals surface area contributed by atoms with Crippen molar-refractivity contribution in [3.05, 3.63) is 72.1 Å². The molecule has 1 saturated carbocycles. The van der Waals surface area contributed by atoms with Crippen LogP contribution >= 0.6 is 0 Å². The van der Waals surface area contributed by atoms with Crippen LogP contribution in [0.2, 0.25) is 0 Å². The zero-order valence-corrected chi connectivity index (χ0v) is 15.7. The SMILES string of the molecule is O=C(/C=C/c1cccc(F)c1)OCC(=O)N(c1ccccc1)C1CCCCC1. The molecule has 1 amide bonds. The lowest BCUT2D eigenvalue weighted by Crippen LogP contribution is -2.43. The van der Waals surface area contributed by atoms with Crippen LogP contribution in [0.25, 0.3) is 6.08 Å². The second kappa shape index (κ2) is 9.83. The van der Waals surface area contributed by atoms with Crippen LogP contribution < -0.4 is 4.90 Å². The average Bonchev–Trinajstić information content (AvgIpc) is 2.72. The van der Waals surface area contributed by atoms with Gasteiger partial charge in [-0.3, -0.25) is 4.79 Å². The molecule has 3 rings (SSSR count). The molecular weight excluding hydrogens is 357 g/mol. The molecule has 1 aliphatic rings. The Morgan fingerprint density at radius 3 is 2.50 bits per heavy atom. The Morgan fingerprint density at radius 1 is 1.04 bits per heavy atom. The van der Waals surface area contributed by atoms with Crippen molar-refractivity contribution in [2.75, 3.05) is 11.5 Å². The van der Waals surface area contributed by atoms with Crippen LogP contribution in [0, 0.1) is 5.82 Å². The van der Waals surface area contributed by atoms with Crippen LogP contribution in [-0.4, -0.2) is 24.5 Å². The van der Waals surface area contributed by atoms with Crippen molar-refractivity contribution < 1.29 is 18.7 Å². The Balaban J connectivity index is 1.62. The van der Waals surface area contributed by atoms with Gasteiger partial charge in [0.05, 0.1) is 0 Å². The average molecular weight is 381 g/mol. The third-order valence-corrected chi connectivity index (χ3v) is 4.84. The van der Waals surface area contributed by atoms with Gasteiger partial charge in [0.2, 0.25) is 0 Å². The number of amides is 1. The van der Waals surface area contributed by atoms with Gasteiger partial charge in [0.1, 0.15) is 5.82 Å². The second-order valence-corrected chi connectivity index (χ2v) is 6.89. The van der Waals surface area contributed by atoms with E-state index in [2.05, 4.69) is 0 Å². The molecule has 1 aliphatic carbocycles. The molecule has 0 saturated heterocycles. The lowest BCUT2D eigenvalue weighted by Gasteiger charge is -2.34. The molecule has 5 heteroatoms. The van der Waals surface area contributed by atoms with Crippen LogP contribution in [0.15, 0.2) is 60.7 Å². The number of hydrogen-bond acceptors (Lipinski definition) is 3. The molecule has 28 heavy (non-hydrogen) atoms. The number of ether oxygens (including phenoxy) is 1. The summed E-state index contributed by atoms with van der Waals surface area (Å²) in [6, 6.07) is 15.5. The zero-order valence-electron chi connectivity index (χ0n) is 15.7. The normalized spacial score (nSPS) is 14.8. The minimum Gasteiger partial charge on any atom is -0.452 e.